The van der Waals surface area contributed by atoms with Crippen LogP contribution in [-0.4, -0.2) is 8.54 Å². The summed E-state index contributed by atoms with van der Waals surface area (Å²) in [5.74, 6) is 0. The highest BCUT2D eigenvalue weighted by molar-refractivity contribution is 14.2. The first-order chi connectivity index (χ1) is 7.06. The molecule has 15 heavy (non-hydrogen) atoms. The van der Waals surface area contributed by atoms with Crippen LogP contribution < -0.4 is 5.56 Å². The highest BCUT2D eigenvalue weighted by atomic mass is 127. The van der Waals surface area contributed by atoms with Crippen LogP contribution in [0.5, 0.6) is 0 Å². The third-order valence-corrected chi connectivity index (χ3v) is 4.71. The van der Waals surface area contributed by atoms with Crippen LogP contribution in [0.2, 0.25) is 0 Å². The Balaban J connectivity index is 3.04. The lowest BCUT2D eigenvalue weighted by Crippen LogP contribution is -2.17. The van der Waals surface area contributed by atoms with Gasteiger partial charge < -0.3 is 4.57 Å². The van der Waals surface area contributed by atoms with Crippen molar-refractivity contribution in [3.8, 4) is 0 Å². The Bertz CT molecular complexity index is 590. The number of hydrogen-bond donors (Lipinski definition) is 0. The SMILES string of the molecule is Cc1cc2c(Br)cn(C)c(=O)c2n1SI. The molecule has 0 aromatic carbocycles. The molecule has 0 bridgehead atoms. The summed E-state index contributed by atoms with van der Waals surface area (Å²) in [6.07, 6.45) is 1.80. The van der Waals surface area contributed by atoms with Crippen molar-refractivity contribution >= 4 is 57.2 Å². The quantitative estimate of drug-likeness (QED) is 0.689. The minimum absolute atomic E-state index is 0.0328. The summed E-state index contributed by atoms with van der Waals surface area (Å²) in [5, 5.41) is 0.972. The summed E-state index contributed by atoms with van der Waals surface area (Å²) in [5.41, 5.74) is 1.85. The van der Waals surface area contributed by atoms with Gasteiger partial charge in [0.25, 0.3) is 5.56 Å². The van der Waals surface area contributed by atoms with E-state index < -0.39 is 0 Å². The zero-order valence-electron chi connectivity index (χ0n) is 8.12. The molecular weight excluding hydrogens is 391 g/mol. The van der Waals surface area contributed by atoms with Gasteiger partial charge in [-0.1, -0.05) is 0 Å². The van der Waals surface area contributed by atoms with Crippen LogP contribution in [0.25, 0.3) is 10.9 Å². The molecule has 0 saturated heterocycles. The number of pyridine rings is 1. The zero-order chi connectivity index (χ0) is 11.2. The summed E-state index contributed by atoms with van der Waals surface area (Å²) >= 11 is 5.65. The molecule has 0 radical (unpaired) electrons. The molecule has 6 heteroatoms. The number of nitrogens with zero attached hydrogens (tertiary/aromatic N) is 2. The molecular formula is C9H8BrIN2OS. The predicted octanol–water partition coefficient (Wildman–Crippen LogP) is 3.26. The van der Waals surface area contributed by atoms with Crippen LogP contribution in [0.15, 0.2) is 21.5 Å². The van der Waals surface area contributed by atoms with Crippen LogP contribution in [-0.2, 0) is 7.05 Å². The lowest BCUT2D eigenvalue weighted by atomic mass is 10.3. The number of rotatable bonds is 1. The molecule has 0 aliphatic heterocycles. The second-order valence-corrected chi connectivity index (χ2v) is 5.84. The van der Waals surface area contributed by atoms with Crippen LogP contribution in [0.3, 0.4) is 0 Å². The third-order valence-electron chi connectivity index (χ3n) is 2.29. The summed E-state index contributed by atoms with van der Waals surface area (Å²) in [7, 11) is 3.28. The number of fused-ring (bicyclic) bond motifs is 1. The van der Waals surface area contributed by atoms with Crippen molar-refractivity contribution in [2.24, 2.45) is 7.05 Å². The van der Waals surface area contributed by atoms with Gasteiger partial charge in [0, 0.05) is 59.1 Å². The van der Waals surface area contributed by atoms with Crippen molar-refractivity contribution in [1.29, 1.82) is 0 Å². The van der Waals surface area contributed by atoms with E-state index in [1.165, 1.54) is 9.12 Å². The summed E-state index contributed by atoms with van der Waals surface area (Å²) in [4.78, 5) is 12.0. The van der Waals surface area contributed by atoms with E-state index in [1.807, 2.05) is 17.0 Å². The van der Waals surface area contributed by atoms with Gasteiger partial charge in [0.2, 0.25) is 0 Å². The summed E-state index contributed by atoms with van der Waals surface area (Å²) < 4.78 is 4.49. The van der Waals surface area contributed by atoms with Gasteiger partial charge >= 0.3 is 0 Å². The van der Waals surface area contributed by atoms with E-state index in [9.17, 15) is 4.79 Å². The van der Waals surface area contributed by atoms with Gasteiger partial charge in [-0.2, -0.15) is 0 Å². The maximum Gasteiger partial charge on any atom is 0.275 e. The van der Waals surface area contributed by atoms with Crippen molar-refractivity contribution in [2.45, 2.75) is 6.92 Å². The Morgan fingerprint density at radius 3 is 2.80 bits per heavy atom. The maximum atomic E-state index is 12.0. The Labute approximate surface area is 112 Å². The van der Waals surface area contributed by atoms with E-state index in [0.717, 1.165) is 21.1 Å². The lowest BCUT2D eigenvalue weighted by Gasteiger charge is -2.03. The maximum absolute atomic E-state index is 12.0. The fourth-order valence-corrected chi connectivity index (χ4v) is 4.10. The van der Waals surface area contributed by atoms with E-state index in [1.54, 1.807) is 17.8 Å². The van der Waals surface area contributed by atoms with Crippen LogP contribution in [0, 0.1) is 6.92 Å². The van der Waals surface area contributed by atoms with Crippen molar-refractivity contribution < 1.29 is 0 Å². The van der Waals surface area contributed by atoms with Gasteiger partial charge in [0.15, 0.2) is 0 Å². The van der Waals surface area contributed by atoms with Crippen molar-refractivity contribution in [3.05, 3.63) is 32.8 Å². The molecule has 0 aliphatic carbocycles. The average Bonchev–Trinajstić information content (AvgIpc) is 2.52. The fraction of sp³-hybridized carbons (Fsp3) is 0.222. The molecule has 0 fully saturated rings. The third kappa shape index (κ3) is 1.76. The molecule has 2 aromatic heterocycles. The first kappa shape index (κ1) is 11.5. The van der Waals surface area contributed by atoms with Crippen LogP contribution >= 0.6 is 46.3 Å². The van der Waals surface area contributed by atoms with Gasteiger partial charge in [-0.05, 0) is 28.9 Å². The fourth-order valence-electron chi connectivity index (χ4n) is 1.56. The van der Waals surface area contributed by atoms with Crippen LogP contribution in [0.1, 0.15) is 5.69 Å². The number of halogens is 2. The van der Waals surface area contributed by atoms with E-state index in [4.69, 9.17) is 0 Å². The molecule has 80 valence electrons. The Hall–Kier alpha value is 0.0500. The van der Waals surface area contributed by atoms with Gasteiger partial charge in [0.1, 0.15) is 5.52 Å². The Morgan fingerprint density at radius 2 is 2.20 bits per heavy atom. The molecule has 0 aliphatic rings. The van der Waals surface area contributed by atoms with Crippen molar-refractivity contribution in [2.75, 3.05) is 0 Å². The largest absolute Gasteiger partial charge is 0.316 e. The molecule has 0 N–H and O–H groups in total. The molecule has 0 unspecified atom stereocenters. The minimum Gasteiger partial charge on any atom is -0.316 e. The highest BCUT2D eigenvalue weighted by Gasteiger charge is 2.13. The minimum atomic E-state index is 0.0328. The monoisotopic (exact) mass is 398 g/mol. The van der Waals surface area contributed by atoms with E-state index in [2.05, 4.69) is 37.1 Å². The number of aromatic nitrogens is 2. The molecule has 0 saturated carbocycles. The normalized spacial score (nSPS) is 11.2. The topological polar surface area (TPSA) is 26.9 Å². The molecule has 3 nitrogen and oxygen atoms in total. The van der Waals surface area contributed by atoms with Gasteiger partial charge in [0.05, 0.1) is 0 Å². The van der Waals surface area contributed by atoms with E-state index >= 15 is 0 Å². The van der Waals surface area contributed by atoms with Gasteiger partial charge in [-0.3, -0.25) is 8.77 Å². The predicted molar refractivity (Wildman–Crippen MR) is 76.6 cm³/mol. The second kappa shape index (κ2) is 4.14. The zero-order valence-corrected chi connectivity index (χ0v) is 12.7. The first-order valence-electron chi connectivity index (χ1n) is 4.22. The molecule has 2 aromatic rings. The highest BCUT2D eigenvalue weighted by Crippen LogP contribution is 2.29. The smallest absolute Gasteiger partial charge is 0.275 e. The molecule has 2 rings (SSSR count). The molecule has 0 atom stereocenters. The van der Waals surface area contributed by atoms with Gasteiger partial charge in [-0.15, -0.1) is 0 Å². The van der Waals surface area contributed by atoms with E-state index in [-0.39, 0.29) is 5.56 Å². The number of hydrogen-bond acceptors (Lipinski definition) is 2. The summed E-state index contributed by atoms with van der Waals surface area (Å²) in [6, 6.07) is 2.02. The number of aryl methyl sites for hydroxylation is 2. The Kier molecular flexibility index (Phi) is 3.18. The van der Waals surface area contributed by atoms with E-state index in [0.29, 0.717) is 0 Å². The molecule has 2 heterocycles. The summed E-state index contributed by atoms with van der Waals surface area (Å²) in [6.45, 7) is 2.00. The first-order valence-corrected chi connectivity index (χ1v) is 8.33. The molecule has 0 amide bonds. The van der Waals surface area contributed by atoms with Crippen LogP contribution in [0.4, 0.5) is 0 Å². The average molecular weight is 399 g/mol. The van der Waals surface area contributed by atoms with Gasteiger partial charge in [-0.25, -0.2) is 0 Å². The second-order valence-electron chi connectivity index (χ2n) is 3.30. The van der Waals surface area contributed by atoms with Crippen molar-refractivity contribution in [1.82, 2.24) is 8.54 Å². The lowest BCUT2D eigenvalue weighted by molar-refractivity contribution is 0.864. The standard InChI is InChI=1S/C9H8BrIN2OS/c1-5-3-6-7(10)4-12(2)9(14)8(6)13(5)15-11/h3-4H,1-2H3. The molecule has 0 spiro atoms. The van der Waals surface area contributed by atoms with Crippen molar-refractivity contribution in [3.63, 3.8) is 0 Å². The Morgan fingerprint density at radius 1 is 1.53 bits per heavy atom.